The molecule has 0 spiro atoms. The number of aliphatic imine (C=N–C) groups is 1. The summed E-state index contributed by atoms with van der Waals surface area (Å²) in [6.45, 7) is 5.50. The first kappa shape index (κ1) is 22.4. The average Bonchev–Trinajstić information content (AvgIpc) is 3.13. The molecule has 3 fully saturated rings. The van der Waals surface area contributed by atoms with E-state index in [0.717, 1.165) is 37.5 Å². The fourth-order valence-corrected chi connectivity index (χ4v) is 5.47. The highest BCUT2D eigenvalue weighted by Crippen LogP contribution is 2.25. The van der Waals surface area contributed by atoms with E-state index < -0.39 is 0 Å². The van der Waals surface area contributed by atoms with Crippen LogP contribution in [-0.2, 0) is 6.54 Å². The highest BCUT2D eigenvalue weighted by atomic mass is 15.2. The lowest BCUT2D eigenvalue weighted by atomic mass is 9.92. The van der Waals surface area contributed by atoms with Gasteiger partial charge in [-0.2, -0.15) is 0 Å². The largest absolute Gasteiger partial charge is 0.357 e. The Morgan fingerprint density at radius 1 is 0.968 bits per heavy atom. The summed E-state index contributed by atoms with van der Waals surface area (Å²) in [5.74, 6) is 2.04. The van der Waals surface area contributed by atoms with Gasteiger partial charge in [-0.05, 0) is 56.2 Å². The van der Waals surface area contributed by atoms with Gasteiger partial charge in [-0.3, -0.25) is 4.99 Å². The van der Waals surface area contributed by atoms with Crippen LogP contribution in [0.15, 0.2) is 23.3 Å². The summed E-state index contributed by atoms with van der Waals surface area (Å²) < 4.78 is 0. The predicted octanol–water partition coefficient (Wildman–Crippen LogP) is 3.92. The van der Waals surface area contributed by atoms with E-state index in [1.54, 1.807) is 0 Å². The van der Waals surface area contributed by atoms with Gasteiger partial charge in [0, 0.05) is 58.1 Å². The Balaban J connectivity index is 1.23. The molecule has 2 N–H and O–H groups in total. The van der Waals surface area contributed by atoms with E-state index in [-0.39, 0.29) is 0 Å². The molecule has 0 aromatic carbocycles. The van der Waals surface area contributed by atoms with Crippen molar-refractivity contribution in [2.24, 2.45) is 4.99 Å². The Bertz CT molecular complexity index is 683. The minimum atomic E-state index is 0.524. The van der Waals surface area contributed by atoms with Gasteiger partial charge in [-0.25, -0.2) is 4.98 Å². The number of aromatic nitrogens is 1. The molecule has 0 atom stereocenters. The van der Waals surface area contributed by atoms with Crippen LogP contribution in [0.25, 0.3) is 0 Å². The van der Waals surface area contributed by atoms with E-state index in [2.05, 4.69) is 42.5 Å². The van der Waals surface area contributed by atoms with Crippen LogP contribution in [-0.4, -0.2) is 61.2 Å². The average molecular weight is 427 g/mol. The van der Waals surface area contributed by atoms with Crippen LogP contribution in [0.2, 0.25) is 0 Å². The van der Waals surface area contributed by atoms with E-state index in [1.165, 1.54) is 89.3 Å². The summed E-state index contributed by atoms with van der Waals surface area (Å²) in [5.41, 5.74) is 1.27. The van der Waals surface area contributed by atoms with Crippen LogP contribution in [0.1, 0.15) is 76.2 Å². The normalized spacial score (nSPS) is 22.9. The third kappa shape index (κ3) is 6.58. The zero-order valence-electron chi connectivity index (χ0n) is 19.5. The maximum atomic E-state index is 4.64. The quantitative estimate of drug-likeness (QED) is 0.552. The van der Waals surface area contributed by atoms with Crippen LogP contribution in [0.5, 0.6) is 0 Å². The topological polar surface area (TPSA) is 55.8 Å². The van der Waals surface area contributed by atoms with Gasteiger partial charge >= 0.3 is 0 Å². The molecule has 0 amide bonds. The van der Waals surface area contributed by atoms with Crippen molar-refractivity contribution >= 4 is 11.8 Å². The number of anilines is 1. The fraction of sp³-hybridized carbons (Fsp3) is 0.760. The molecule has 0 bridgehead atoms. The lowest BCUT2D eigenvalue weighted by molar-refractivity contribution is 0.119. The first-order valence-corrected chi connectivity index (χ1v) is 12.7. The maximum Gasteiger partial charge on any atom is 0.191 e. The number of nitrogens with one attached hydrogen (secondary N) is 2. The molecule has 2 aliphatic heterocycles. The molecule has 0 radical (unpaired) electrons. The number of pyridine rings is 1. The maximum absolute atomic E-state index is 4.64. The molecule has 1 aromatic rings. The van der Waals surface area contributed by atoms with Gasteiger partial charge < -0.3 is 20.4 Å². The van der Waals surface area contributed by atoms with Crippen molar-refractivity contribution in [3.8, 4) is 0 Å². The van der Waals surface area contributed by atoms with Crippen LogP contribution < -0.4 is 15.5 Å². The van der Waals surface area contributed by atoms with Gasteiger partial charge in [0.1, 0.15) is 5.82 Å². The molecule has 0 unspecified atom stereocenters. The molecule has 1 aliphatic carbocycles. The molecule has 1 aromatic heterocycles. The highest BCUT2D eigenvalue weighted by Gasteiger charge is 2.26. The molecule has 172 valence electrons. The summed E-state index contributed by atoms with van der Waals surface area (Å²) in [5, 5.41) is 7.20. The van der Waals surface area contributed by atoms with Crippen molar-refractivity contribution in [2.45, 2.75) is 89.3 Å². The van der Waals surface area contributed by atoms with Gasteiger partial charge in [0.2, 0.25) is 0 Å². The third-order valence-corrected chi connectivity index (χ3v) is 7.39. The van der Waals surface area contributed by atoms with Crippen molar-refractivity contribution in [1.82, 2.24) is 20.5 Å². The SMILES string of the molecule is CN=C(NCc1ccnc(N2CCCCCC2)c1)NC1CCN(C2CCCCC2)CC1. The summed E-state index contributed by atoms with van der Waals surface area (Å²) in [4.78, 5) is 14.3. The molecule has 6 heteroatoms. The van der Waals surface area contributed by atoms with Crippen molar-refractivity contribution in [3.63, 3.8) is 0 Å². The Hall–Kier alpha value is -1.82. The van der Waals surface area contributed by atoms with Crippen molar-refractivity contribution in [2.75, 3.05) is 38.1 Å². The third-order valence-electron chi connectivity index (χ3n) is 7.39. The molecule has 31 heavy (non-hydrogen) atoms. The van der Waals surface area contributed by atoms with Crippen LogP contribution in [0.3, 0.4) is 0 Å². The van der Waals surface area contributed by atoms with E-state index >= 15 is 0 Å². The van der Waals surface area contributed by atoms with E-state index in [9.17, 15) is 0 Å². The first-order valence-electron chi connectivity index (χ1n) is 12.7. The number of nitrogens with zero attached hydrogens (tertiary/aromatic N) is 4. The summed E-state index contributed by atoms with van der Waals surface area (Å²) in [6, 6.07) is 5.73. The lowest BCUT2D eigenvalue weighted by Crippen LogP contribution is -2.50. The first-order chi connectivity index (χ1) is 15.3. The van der Waals surface area contributed by atoms with Crippen LogP contribution in [0.4, 0.5) is 5.82 Å². The summed E-state index contributed by atoms with van der Waals surface area (Å²) in [7, 11) is 1.88. The number of likely N-dealkylation sites (tertiary alicyclic amines) is 1. The van der Waals surface area contributed by atoms with E-state index in [1.807, 2.05) is 13.2 Å². The standard InChI is InChI=1S/C25H42N6/c1-26-25(29-22-12-17-30(18-13-22)23-9-5-4-6-10-23)28-20-21-11-14-27-24(19-21)31-15-7-2-3-8-16-31/h11,14,19,22-23H,2-10,12-13,15-18,20H2,1H3,(H2,26,28,29). The molecule has 1 saturated carbocycles. The van der Waals surface area contributed by atoms with Crippen molar-refractivity contribution in [1.29, 1.82) is 0 Å². The molecule has 3 heterocycles. The Labute approximate surface area is 188 Å². The summed E-state index contributed by atoms with van der Waals surface area (Å²) in [6.07, 6.45) is 16.7. The van der Waals surface area contributed by atoms with Gasteiger partial charge in [0.05, 0.1) is 0 Å². The highest BCUT2D eigenvalue weighted by molar-refractivity contribution is 5.80. The molecular weight excluding hydrogens is 384 g/mol. The zero-order valence-corrected chi connectivity index (χ0v) is 19.5. The predicted molar refractivity (Wildman–Crippen MR) is 130 cm³/mol. The van der Waals surface area contributed by atoms with E-state index in [4.69, 9.17) is 0 Å². The van der Waals surface area contributed by atoms with Crippen molar-refractivity contribution in [3.05, 3.63) is 23.9 Å². The molecule has 2 saturated heterocycles. The minimum Gasteiger partial charge on any atom is -0.357 e. The second kappa shape index (κ2) is 11.7. The Morgan fingerprint density at radius 3 is 2.39 bits per heavy atom. The molecular formula is C25H42N6. The number of hydrogen-bond donors (Lipinski definition) is 2. The van der Waals surface area contributed by atoms with E-state index in [0.29, 0.717) is 6.04 Å². The fourth-order valence-electron chi connectivity index (χ4n) is 5.47. The molecule has 3 aliphatic rings. The monoisotopic (exact) mass is 426 g/mol. The number of guanidine groups is 1. The second-order valence-corrected chi connectivity index (χ2v) is 9.60. The van der Waals surface area contributed by atoms with Gasteiger partial charge in [-0.15, -0.1) is 0 Å². The molecule has 4 rings (SSSR count). The van der Waals surface area contributed by atoms with Gasteiger partial charge in [-0.1, -0.05) is 32.1 Å². The number of hydrogen-bond acceptors (Lipinski definition) is 4. The lowest BCUT2D eigenvalue weighted by Gasteiger charge is -2.39. The van der Waals surface area contributed by atoms with Crippen LogP contribution >= 0.6 is 0 Å². The molecule has 6 nitrogen and oxygen atoms in total. The Morgan fingerprint density at radius 2 is 1.68 bits per heavy atom. The number of piperidine rings is 1. The Kier molecular flexibility index (Phi) is 8.45. The van der Waals surface area contributed by atoms with Crippen LogP contribution in [0, 0.1) is 0 Å². The minimum absolute atomic E-state index is 0.524. The zero-order chi connectivity index (χ0) is 21.3. The number of rotatable bonds is 5. The smallest absolute Gasteiger partial charge is 0.191 e. The summed E-state index contributed by atoms with van der Waals surface area (Å²) >= 11 is 0. The van der Waals surface area contributed by atoms with Crippen molar-refractivity contribution < 1.29 is 0 Å². The van der Waals surface area contributed by atoms with Gasteiger partial charge in [0.25, 0.3) is 0 Å². The second-order valence-electron chi connectivity index (χ2n) is 9.60. The van der Waals surface area contributed by atoms with Gasteiger partial charge in [0.15, 0.2) is 5.96 Å².